The minimum atomic E-state index is -0.394. The number of thiophene rings is 1. The molecule has 3 aromatic rings. The van der Waals surface area contributed by atoms with Gasteiger partial charge in [-0.15, -0.1) is 11.3 Å². The molecule has 2 amide bonds. The molecule has 1 aliphatic rings. The molecule has 1 fully saturated rings. The molecule has 0 unspecified atom stereocenters. The first kappa shape index (κ1) is 21.5. The number of fused-ring (bicyclic) bond motifs is 1. The normalized spacial score (nSPS) is 16.5. The van der Waals surface area contributed by atoms with Crippen molar-refractivity contribution in [3.8, 4) is 0 Å². The van der Waals surface area contributed by atoms with Gasteiger partial charge in [0.2, 0.25) is 0 Å². The topological polar surface area (TPSA) is 72.6 Å². The molecule has 2 aromatic carbocycles. The van der Waals surface area contributed by atoms with Crippen LogP contribution in [0.3, 0.4) is 0 Å². The maximum Gasteiger partial charge on any atom is 0.259 e. The molecule has 1 aromatic heterocycles. The number of ether oxygens (including phenoxy) is 1. The predicted molar refractivity (Wildman–Crippen MR) is 124 cm³/mol. The van der Waals surface area contributed by atoms with E-state index in [0.717, 1.165) is 47.0 Å². The van der Waals surface area contributed by atoms with E-state index >= 15 is 0 Å². The van der Waals surface area contributed by atoms with Gasteiger partial charge in [0.15, 0.2) is 0 Å². The van der Waals surface area contributed by atoms with Crippen molar-refractivity contribution in [3.05, 3.63) is 70.1 Å². The lowest BCUT2D eigenvalue weighted by atomic mass is 9.93. The van der Waals surface area contributed by atoms with Crippen LogP contribution in [-0.4, -0.2) is 35.9 Å². The largest absolute Gasteiger partial charge is 0.377 e. The van der Waals surface area contributed by atoms with Crippen molar-refractivity contribution in [2.24, 2.45) is 5.73 Å². The van der Waals surface area contributed by atoms with Gasteiger partial charge in [-0.25, -0.2) is 0 Å². The standard InChI is InChI=1S/C25H28N2O3S/c1-2-30-16-17-10-12-18(13-11-17)25(29)27-14-6-5-7-19(27)15-21-20-8-3-4-9-22(20)31-23(21)24(26)28/h3-4,8-13,19H,2,5-7,14-16H2,1H3,(H2,26,28)/t19-/m1/s1. The molecule has 2 N–H and O–H groups in total. The maximum absolute atomic E-state index is 13.4. The molecular weight excluding hydrogens is 408 g/mol. The number of hydrogen-bond donors (Lipinski definition) is 1. The second kappa shape index (κ2) is 9.62. The third-order valence-electron chi connectivity index (χ3n) is 5.92. The van der Waals surface area contributed by atoms with Crippen LogP contribution in [0.5, 0.6) is 0 Å². The number of piperidine rings is 1. The van der Waals surface area contributed by atoms with E-state index in [1.54, 1.807) is 0 Å². The summed E-state index contributed by atoms with van der Waals surface area (Å²) in [6.45, 7) is 3.92. The zero-order valence-electron chi connectivity index (χ0n) is 17.8. The Labute approximate surface area is 186 Å². The molecule has 0 saturated carbocycles. The molecule has 5 nitrogen and oxygen atoms in total. The van der Waals surface area contributed by atoms with Crippen molar-refractivity contribution in [3.63, 3.8) is 0 Å². The highest BCUT2D eigenvalue weighted by Gasteiger charge is 2.30. The molecule has 6 heteroatoms. The SMILES string of the molecule is CCOCc1ccc(C(=O)N2CCCC[C@@H]2Cc2c(C(N)=O)sc3ccccc23)cc1. The third kappa shape index (κ3) is 4.65. The van der Waals surface area contributed by atoms with Gasteiger partial charge in [-0.3, -0.25) is 9.59 Å². The summed E-state index contributed by atoms with van der Waals surface area (Å²) < 4.78 is 6.51. The van der Waals surface area contributed by atoms with Gasteiger partial charge < -0.3 is 15.4 Å². The maximum atomic E-state index is 13.4. The lowest BCUT2D eigenvalue weighted by molar-refractivity contribution is 0.0613. The van der Waals surface area contributed by atoms with Crippen LogP contribution in [0, 0.1) is 0 Å². The van der Waals surface area contributed by atoms with Gasteiger partial charge in [-0.05, 0) is 67.3 Å². The van der Waals surface area contributed by atoms with Gasteiger partial charge in [-0.1, -0.05) is 30.3 Å². The van der Waals surface area contributed by atoms with Crippen molar-refractivity contribution in [2.45, 2.75) is 45.3 Å². The van der Waals surface area contributed by atoms with E-state index in [1.165, 1.54) is 11.3 Å². The Morgan fingerprint density at radius 1 is 1.13 bits per heavy atom. The van der Waals surface area contributed by atoms with Crippen LogP contribution in [0.25, 0.3) is 10.1 Å². The van der Waals surface area contributed by atoms with Gasteiger partial charge in [0.25, 0.3) is 11.8 Å². The summed E-state index contributed by atoms with van der Waals surface area (Å²) in [6, 6.07) is 15.8. The van der Waals surface area contributed by atoms with Crippen LogP contribution < -0.4 is 5.73 Å². The second-order valence-corrected chi connectivity index (χ2v) is 9.01. The van der Waals surface area contributed by atoms with Gasteiger partial charge in [0, 0.05) is 29.5 Å². The van der Waals surface area contributed by atoms with E-state index in [9.17, 15) is 9.59 Å². The molecular formula is C25H28N2O3S. The molecule has 31 heavy (non-hydrogen) atoms. The number of hydrogen-bond acceptors (Lipinski definition) is 4. The average molecular weight is 437 g/mol. The van der Waals surface area contributed by atoms with E-state index in [1.807, 2.05) is 60.4 Å². The molecule has 0 radical (unpaired) electrons. The van der Waals surface area contributed by atoms with Crippen LogP contribution in [0.15, 0.2) is 48.5 Å². The Morgan fingerprint density at radius 2 is 1.90 bits per heavy atom. The number of nitrogens with two attached hydrogens (primary N) is 1. The van der Waals surface area contributed by atoms with E-state index in [0.29, 0.717) is 30.1 Å². The molecule has 1 saturated heterocycles. The molecule has 0 spiro atoms. The Balaban J connectivity index is 1.58. The summed E-state index contributed by atoms with van der Waals surface area (Å²) in [6.07, 6.45) is 3.65. The number of likely N-dealkylation sites (tertiary alicyclic amines) is 1. The zero-order valence-corrected chi connectivity index (χ0v) is 18.6. The number of primary amides is 1. The number of carbonyl (C=O) groups excluding carboxylic acids is 2. The van der Waals surface area contributed by atoms with Crippen LogP contribution in [0.1, 0.15) is 57.3 Å². The van der Waals surface area contributed by atoms with E-state index in [-0.39, 0.29) is 11.9 Å². The molecule has 162 valence electrons. The zero-order chi connectivity index (χ0) is 21.8. The predicted octanol–water partition coefficient (Wildman–Crippen LogP) is 4.77. The van der Waals surface area contributed by atoms with Crippen LogP contribution >= 0.6 is 11.3 Å². The fraction of sp³-hybridized carbons (Fsp3) is 0.360. The lowest BCUT2D eigenvalue weighted by Gasteiger charge is -2.36. The van der Waals surface area contributed by atoms with Crippen molar-refractivity contribution < 1.29 is 14.3 Å². The molecule has 0 aliphatic carbocycles. The minimum Gasteiger partial charge on any atom is -0.377 e. The van der Waals surface area contributed by atoms with Gasteiger partial charge >= 0.3 is 0 Å². The molecule has 0 bridgehead atoms. The van der Waals surface area contributed by atoms with Crippen molar-refractivity contribution >= 4 is 33.2 Å². The quantitative estimate of drug-likeness (QED) is 0.580. The first-order valence-corrected chi connectivity index (χ1v) is 11.7. The monoisotopic (exact) mass is 436 g/mol. The molecule has 1 atom stereocenters. The van der Waals surface area contributed by atoms with Gasteiger partial charge in [0.05, 0.1) is 11.5 Å². The Morgan fingerprint density at radius 3 is 2.65 bits per heavy atom. The van der Waals surface area contributed by atoms with E-state index in [2.05, 4.69) is 0 Å². The smallest absolute Gasteiger partial charge is 0.259 e. The van der Waals surface area contributed by atoms with Crippen molar-refractivity contribution in [1.82, 2.24) is 4.90 Å². The van der Waals surface area contributed by atoms with Crippen molar-refractivity contribution in [2.75, 3.05) is 13.2 Å². The second-order valence-electron chi connectivity index (χ2n) is 7.96. The number of rotatable bonds is 7. The summed E-state index contributed by atoms with van der Waals surface area (Å²) in [5.41, 5.74) is 8.43. The highest BCUT2D eigenvalue weighted by atomic mass is 32.1. The number of carbonyl (C=O) groups is 2. The Kier molecular flexibility index (Phi) is 6.68. The first-order valence-electron chi connectivity index (χ1n) is 10.9. The highest BCUT2D eigenvalue weighted by molar-refractivity contribution is 7.21. The number of amides is 2. The summed E-state index contributed by atoms with van der Waals surface area (Å²) in [5, 5.41) is 1.07. The summed E-state index contributed by atoms with van der Waals surface area (Å²) in [4.78, 5) is 28.1. The lowest BCUT2D eigenvalue weighted by Crippen LogP contribution is -2.45. The summed E-state index contributed by atoms with van der Waals surface area (Å²) >= 11 is 1.44. The molecule has 1 aliphatic heterocycles. The fourth-order valence-corrected chi connectivity index (χ4v) is 5.43. The van der Waals surface area contributed by atoms with Gasteiger partial charge in [-0.2, -0.15) is 0 Å². The number of benzene rings is 2. The Hall–Kier alpha value is -2.70. The number of nitrogens with zero attached hydrogens (tertiary/aromatic N) is 1. The van der Waals surface area contributed by atoms with E-state index < -0.39 is 5.91 Å². The van der Waals surface area contributed by atoms with Crippen LogP contribution in [-0.2, 0) is 17.8 Å². The fourth-order valence-electron chi connectivity index (χ4n) is 4.35. The summed E-state index contributed by atoms with van der Waals surface area (Å²) in [7, 11) is 0. The van der Waals surface area contributed by atoms with E-state index in [4.69, 9.17) is 10.5 Å². The minimum absolute atomic E-state index is 0.0489. The molecule has 2 heterocycles. The third-order valence-corrected chi connectivity index (χ3v) is 7.15. The average Bonchev–Trinajstić information content (AvgIpc) is 3.17. The summed E-state index contributed by atoms with van der Waals surface area (Å²) in [5.74, 6) is -0.345. The van der Waals surface area contributed by atoms with Gasteiger partial charge in [0.1, 0.15) is 0 Å². The first-order chi connectivity index (χ1) is 15.1. The highest BCUT2D eigenvalue weighted by Crippen LogP contribution is 2.34. The Bertz CT molecular complexity index is 1070. The van der Waals surface area contributed by atoms with Crippen molar-refractivity contribution in [1.29, 1.82) is 0 Å². The van der Waals surface area contributed by atoms with Crippen LogP contribution in [0.4, 0.5) is 0 Å². The molecule has 4 rings (SSSR count). The van der Waals surface area contributed by atoms with Crippen LogP contribution in [0.2, 0.25) is 0 Å².